The average molecular weight is 607 g/mol. The minimum Gasteiger partial charge on any atom is -0.465 e. The Balaban J connectivity index is 1.32. The van der Waals surface area contributed by atoms with E-state index < -0.39 is 12.2 Å². The molecule has 0 aromatic heterocycles. The molecule has 0 radical (unpaired) electrons. The third kappa shape index (κ3) is 10.2. The van der Waals surface area contributed by atoms with Crippen molar-refractivity contribution in [2.75, 3.05) is 19.9 Å². The summed E-state index contributed by atoms with van der Waals surface area (Å²) in [6.07, 6.45) is 13.5. The molecule has 3 atom stereocenters. The van der Waals surface area contributed by atoms with E-state index in [1.165, 1.54) is 57.8 Å². The van der Waals surface area contributed by atoms with Crippen molar-refractivity contribution in [2.45, 2.75) is 122 Å². The van der Waals surface area contributed by atoms with Crippen LogP contribution in [0.1, 0.15) is 102 Å². The Bertz CT molecular complexity index is 1060. The number of benzene rings is 2. The van der Waals surface area contributed by atoms with Crippen LogP contribution in [0.4, 0.5) is 9.59 Å². The van der Waals surface area contributed by atoms with Gasteiger partial charge in [-0.15, -0.1) is 0 Å². The molecule has 0 saturated carbocycles. The predicted octanol–water partition coefficient (Wildman–Crippen LogP) is 7.52. The molecule has 2 aliphatic heterocycles. The number of carboxylic acid groups (broad SMARTS) is 1. The summed E-state index contributed by atoms with van der Waals surface area (Å²) in [5.41, 5.74) is 2.07. The van der Waals surface area contributed by atoms with Gasteiger partial charge in [-0.25, -0.2) is 9.59 Å². The van der Waals surface area contributed by atoms with Gasteiger partial charge in [0.15, 0.2) is 0 Å². The zero-order chi connectivity index (χ0) is 31.1. The maximum atomic E-state index is 13.6. The van der Waals surface area contributed by atoms with Crippen molar-refractivity contribution < 1.29 is 19.8 Å². The summed E-state index contributed by atoms with van der Waals surface area (Å²) in [4.78, 5) is 33.3. The molecule has 2 aromatic rings. The van der Waals surface area contributed by atoms with Crippen LogP contribution >= 0.6 is 0 Å². The molecule has 8 nitrogen and oxygen atoms in total. The zero-order valence-corrected chi connectivity index (χ0v) is 26.7. The van der Waals surface area contributed by atoms with Crippen LogP contribution in [-0.4, -0.2) is 80.0 Å². The van der Waals surface area contributed by atoms with Crippen LogP contribution in [-0.2, 0) is 13.1 Å². The smallest absolute Gasteiger partial charge is 0.407 e. The first kappa shape index (κ1) is 33.8. The van der Waals surface area contributed by atoms with E-state index in [1.54, 1.807) is 14.7 Å². The third-order valence-corrected chi connectivity index (χ3v) is 9.32. The van der Waals surface area contributed by atoms with Crippen molar-refractivity contribution in [1.82, 2.24) is 19.6 Å². The number of hydrogen-bond acceptors (Lipinski definition) is 4. The minimum absolute atomic E-state index is 0.0521. The van der Waals surface area contributed by atoms with Crippen LogP contribution in [0.3, 0.4) is 0 Å². The van der Waals surface area contributed by atoms with Crippen LogP contribution in [0.5, 0.6) is 0 Å². The first-order chi connectivity index (χ1) is 21.5. The maximum absolute atomic E-state index is 13.6. The monoisotopic (exact) mass is 606 g/mol. The lowest BCUT2D eigenvalue weighted by atomic mass is 9.91. The van der Waals surface area contributed by atoms with Crippen LogP contribution in [0.2, 0.25) is 0 Å². The van der Waals surface area contributed by atoms with E-state index in [-0.39, 0.29) is 24.7 Å². The molecule has 2 fully saturated rings. The molecule has 2 heterocycles. The largest absolute Gasteiger partial charge is 0.465 e. The van der Waals surface area contributed by atoms with Gasteiger partial charge in [0, 0.05) is 25.7 Å². The van der Waals surface area contributed by atoms with E-state index in [0.29, 0.717) is 32.8 Å². The van der Waals surface area contributed by atoms with Crippen LogP contribution in [0.15, 0.2) is 60.7 Å². The molecule has 2 N–H and O–H groups in total. The molecule has 2 saturated heterocycles. The molecule has 0 unspecified atom stereocenters. The van der Waals surface area contributed by atoms with E-state index in [1.807, 2.05) is 60.7 Å². The predicted molar refractivity (Wildman–Crippen MR) is 175 cm³/mol. The van der Waals surface area contributed by atoms with Gasteiger partial charge in [0.1, 0.15) is 0 Å². The summed E-state index contributed by atoms with van der Waals surface area (Å²) in [6, 6.07) is 19.2. The van der Waals surface area contributed by atoms with Crippen molar-refractivity contribution in [3.8, 4) is 0 Å². The third-order valence-electron chi connectivity index (χ3n) is 9.32. The molecule has 0 aliphatic carbocycles. The second-order valence-corrected chi connectivity index (χ2v) is 12.8. The second kappa shape index (κ2) is 18.0. The standard InChI is InChI=1S/C36H54N4O4/c1-2-3-4-5-6-7-8-9-10-11-18-23-32-24-34(41)33(27-40(32)36(43)44)39-28-37(25-30-19-14-12-15-20-30)35(42)38(29-39)26-31-21-16-13-17-22-31/h12-17,19-22,32-34,41H,2-11,18,23-29H2,1H3,(H,43,44)/t32-,33+,34-/m1/s1. The number of aliphatic hydroxyl groups is 1. The number of amides is 3. The molecule has 8 heteroatoms. The number of rotatable bonds is 17. The van der Waals surface area contributed by atoms with Crippen LogP contribution < -0.4 is 0 Å². The molecule has 2 aromatic carbocycles. The van der Waals surface area contributed by atoms with Crippen LogP contribution in [0, 0.1) is 0 Å². The summed E-state index contributed by atoms with van der Waals surface area (Å²) in [5.74, 6) is 0. The molecule has 3 amide bonds. The van der Waals surface area contributed by atoms with E-state index in [4.69, 9.17) is 0 Å². The fraction of sp³-hybridized carbons (Fsp3) is 0.611. The summed E-state index contributed by atoms with van der Waals surface area (Å²) in [6.45, 7) is 4.09. The highest BCUT2D eigenvalue weighted by atomic mass is 16.4. The molecule has 2 aliphatic rings. The van der Waals surface area contributed by atoms with Gasteiger partial charge in [0.25, 0.3) is 0 Å². The van der Waals surface area contributed by atoms with Crippen molar-refractivity contribution in [2.24, 2.45) is 0 Å². The van der Waals surface area contributed by atoms with Crippen molar-refractivity contribution in [1.29, 1.82) is 0 Å². The number of likely N-dealkylation sites (tertiary alicyclic amines) is 1. The quantitative estimate of drug-likeness (QED) is 0.182. The number of carbonyl (C=O) groups is 2. The lowest BCUT2D eigenvalue weighted by Crippen LogP contribution is -2.66. The maximum Gasteiger partial charge on any atom is 0.407 e. The molecule has 4 rings (SSSR count). The van der Waals surface area contributed by atoms with Gasteiger partial charge < -0.3 is 24.9 Å². The topological polar surface area (TPSA) is 87.6 Å². The number of nitrogens with zero attached hydrogens (tertiary/aromatic N) is 4. The number of hydrogen-bond donors (Lipinski definition) is 2. The number of aliphatic hydroxyl groups excluding tert-OH is 1. The second-order valence-electron chi connectivity index (χ2n) is 12.8. The number of piperidine rings is 1. The Labute approximate surface area is 264 Å². The fourth-order valence-electron chi connectivity index (χ4n) is 6.80. The molecule has 44 heavy (non-hydrogen) atoms. The lowest BCUT2D eigenvalue weighted by Gasteiger charge is -2.50. The molecule has 242 valence electrons. The highest BCUT2D eigenvalue weighted by Gasteiger charge is 2.43. The zero-order valence-electron chi connectivity index (χ0n) is 26.7. The van der Waals surface area contributed by atoms with E-state index in [0.717, 1.165) is 30.4 Å². The highest BCUT2D eigenvalue weighted by Crippen LogP contribution is 2.28. The Hall–Kier alpha value is -3.10. The van der Waals surface area contributed by atoms with Gasteiger partial charge >= 0.3 is 12.1 Å². The Kier molecular flexibility index (Phi) is 13.8. The minimum atomic E-state index is -0.926. The first-order valence-electron chi connectivity index (χ1n) is 17.0. The van der Waals surface area contributed by atoms with Crippen molar-refractivity contribution in [3.63, 3.8) is 0 Å². The number of carbonyl (C=O) groups excluding carboxylic acids is 1. The van der Waals surface area contributed by atoms with Gasteiger partial charge in [0.2, 0.25) is 0 Å². The number of urea groups is 1. The number of unbranched alkanes of at least 4 members (excludes halogenated alkanes) is 10. The van der Waals surface area contributed by atoms with E-state index >= 15 is 0 Å². The Morgan fingerprint density at radius 1 is 0.750 bits per heavy atom. The van der Waals surface area contributed by atoms with E-state index in [2.05, 4.69) is 11.8 Å². The first-order valence-corrected chi connectivity index (χ1v) is 17.0. The fourth-order valence-corrected chi connectivity index (χ4v) is 6.80. The van der Waals surface area contributed by atoms with Gasteiger partial charge in [-0.1, -0.05) is 138 Å². The average Bonchev–Trinajstić information content (AvgIpc) is 3.02. The van der Waals surface area contributed by atoms with Crippen molar-refractivity contribution in [3.05, 3.63) is 71.8 Å². The molecular formula is C36H54N4O4. The van der Waals surface area contributed by atoms with Gasteiger partial charge in [-0.2, -0.15) is 0 Å². The highest BCUT2D eigenvalue weighted by molar-refractivity contribution is 5.75. The van der Waals surface area contributed by atoms with Gasteiger partial charge in [0.05, 0.1) is 25.5 Å². The van der Waals surface area contributed by atoms with Crippen LogP contribution in [0.25, 0.3) is 0 Å². The lowest BCUT2D eigenvalue weighted by molar-refractivity contribution is -0.0748. The summed E-state index contributed by atoms with van der Waals surface area (Å²) in [7, 11) is 0. The normalized spacial score (nSPS) is 21.2. The summed E-state index contributed by atoms with van der Waals surface area (Å²) in [5, 5.41) is 21.6. The van der Waals surface area contributed by atoms with Gasteiger partial charge in [-0.3, -0.25) is 4.90 Å². The van der Waals surface area contributed by atoms with Crippen molar-refractivity contribution >= 4 is 12.1 Å². The Morgan fingerprint density at radius 3 is 1.70 bits per heavy atom. The summed E-state index contributed by atoms with van der Waals surface area (Å²) < 4.78 is 0. The molecule has 0 bridgehead atoms. The van der Waals surface area contributed by atoms with Gasteiger partial charge in [-0.05, 0) is 24.0 Å². The SMILES string of the molecule is CCCCCCCCCCCCC[C@@H]1C[C@@H](O)[C@@H](N2CN(Cc3ccccc3)C(=O)N(Cc3ccccc3)C2)CN1C(=O)O. The van der Waals surface area contributed by atoms with E-state index in [9.17, 15) is 19.8 Å². The molecule has 0 spiro atoms. The summed E-state index contributed by atoms with van der Waals surface area (Å²) >= 11 is 0. The Morgan fingerprint density at radius 2 is 1.23 bits per heavy atom. The molecular weight excluding hydrogens is 552 g/mol.